The van der Waals surface area contributed by atoms with E-state index in [0.717, 1.165) is 49.7 Å². The number of hydrogen-bond acceptors (Lipinski definition) is 3. The zero-order valence-corrected chi connectivity index (χ0v) is 12.9. The molecule has 2 aliphatic heterocycles. The third-order valence-electron chi connectivity index (χ3n) is 4.80. The minimum Gasteiger partial charge on any atom is -0.368 e. The van der Waals surface area contributed by atoms with Gasteiger partial charge in [0.25, 0.3) is 0 Å². The number of halogens is 1. The normalized spacial score (nSPS) is 28.0. The van der Waals surface area contributed by atoms with Gasteiger partial charge in [0.05, 0.1) is 10.7 Å². The third kappa shape index (κ3) is 2.80. The summed E-state index contributed by atoms with van der Waals surface area (Å²) in [6, 6.07) is 8.91. The average molecular weight is 294 g/mol. The van der Waals surface area contributed by atoms with Crippen LogP contribution in [0, 0.1) is 5.92 Å². The van der Waals surface area contributed by atoms with Crippen molar-refractivity contribution >= 4 is 17.3 Å². The van der Waals surface area contributed by atoms with E-state index in [1.165, 1.54) is 18.7 Å². The fourth-order valence-electron chi connectivity index (χ4n) is 3.57. The Kier molecular flexibility index (Phi) is 4.49. The van der Waals surface area contributed by atoms with E-state index in [-0.39, 0.29) is 0 Å². The lowest BCUT2D eigenvalue weighted by atomic mass is 9.98. The third-order valence-corrected chi connectivity index (χ3v) is 5.12. The molecule has 2 atom stereocenters. The van der Waals surface area contributed by atoms with Gasteiger partial charge in [0, 0.05) is 38.8 Å². The van der Waals surface area contributed by atoms with Crippen LogP contribution in [0.25, 0.3) is 0 Å². The van der Waals surface area contributed by atoms with Crippen molar-refractivity contribution < 1.29 is 0 Å². The van der Waals surface area contributed by atoms with Crippen LogP contribution in [-0.2, 0) is 0 Å². The lowest BCUT2D eigenvalue weighted by molar-refractivity contribution is 0.160. The average Bonchev–Trinajstić information content (AvgIpc) is 2.96. The second-order valence-electron chi connectivity index (χ2n) is 5.87. The molecule has 0 amide bonds. The van der Waals surface area contributed by atoms with Crippen molar-refractivity contribution in [1.82, 2.24) is 10.2 Å². The first kappa shape index (κ1) is 14.2. The summed E-state index contributed by atoms with van der Waals surface area (Å²) in [6.07, 6.45) is 1.28. The van der Waals surface area contributed by atoms with Crippen LogP contribution in [0.3, 0.4) is 0 Å². The van der Waals surface area contributed by atoms with Gasteiger partial charge < -0.3 is 10.2 Å². The number of piperazine rings is 1. The summed E-state index contributed by atoms with van der Waals surface area (Å²) >= 11 is 6.30. The molecule has 2 unspecified atom stereocenters. The van der Waals surface area contributed by atoms with Crippen molar-refractivity contribution in [3.8, 4) is 0 Å². The quantitative estimate of drug-likeness (QED) is 0.924. The lowest BCUT2D eigenvalue weighted by Crippen LogP contribution is -2.52. The molecule has 1 N–H and O–H groups in total. The summed E-state index contributed by atoms with van der Waals surface area (Å²) in [7, 11) is 0. The van der Waals surface area contributed by atoms with Gasteiger partial charge in [-0.15, -0.1) is 0 Å². The Balaban J connectivity index is 1.61. The van der Waals surface area contributed by atoms with Crippen molar-refractivity contribution in [3.63, 3.8) is 0 Å². The number of nitrogens with one attached hydrogen (secondary N) is 1. The van der Waals surface area contributed by atoms with E-state index in [4.69, 9.17) is 11.6 Å². The van der Waals surface area contributed by atoms with Gasteiger partial charge in [0.1, 0.15) is 0 Å². The van der Waals surface area contributed by atoms with Crippen LogP contribution in [0.2, 0.25) is 5.02 Å². The molecule has 2 fully saturated rings. The molecular formula is C16H24ClN3. The molecular weight excluding hydrogens is 270 g/mol. The second-order valence-corrected chi connectivity index (χ2v) is 6.28. The van der Waals surface area contributed by atoms with Gasteiger partial charge in [0.15, 0.2) is 0 Å². The van der Waals surface area contributed by atoms with Gasteiger partial charge in [-0.3, -0.25) is 4.90 Å². The summed E-state index contributed by atoms with van der Waals surface area (Å²) in [5.74, 6) is 0.821. The Morgan fingerprint density at radius 1 is 1.15 bits per heavy atom. The summed E-state index contributed by atoms with van der Waals surface area (Å²) in [5, 5.41) is 4.42. The van der Waals surface area contributed by atoms with Crippen molar-refractivity contribution in [1.29, 1.82) is 0 Å². The fourth-order valence-corrected chi connectivity index (χ4v) is 3.82. The summed E-state index contributed by atoms with van der Waals surface area (Å²) in [6.45, 7) is 9.11. The first-order chi connectivity index (χ1) is 9.79. The van der Waals surface area contributed by atoms with Gasteiger partial charge >= 0.3 is 0 Å². The number of anilines is 1. The largest absolute Gasteiger partial charge is 0.368 e. The Morgan fingerprint density at radius 2 is 1.90 bits per heavy atom. The first-order valence-corrected chi connectivity index (χ1v) is 8.11. The van der Waals surface area contributed by atoms with Crippen LogP contribution >= 0.6 is 11.6 Å². The molecule has 3 rings (SSSR count). The molecule has 0 radical (unpaired) electrons. The van der Waals surface area contributed by atoms with Crippen molar-refractivity contribution in [2.24, 2.45) is 5.92 Å². The van der Waals surface area contributed by atoms with E-state index in [9.17, 15) is 0 Å². The number of benzene rings is 1. The molecule has 0 aliphatic carbocycles. The Hall–Kier alpha value is -0.770. The topological polar surface area (TPSA) is 18.5 Å². The maximum Gasteiger partial charge on any atom is 0.0639 e. The molecule has 2 aliphatic rings. The highest BCUT2D eigenvalue weighted by Crippen LogP contribution is 2.27. The van der Waals surface area contributed by atoms with Crippen molar-refractivity contribution in [2.45, 2.75) is 19.4 Å². The maximum absolute atomic E-state index is 6.30. The Bertz CT molecular complexity index is 443. The Labute approximate surface area is 126 Å². The van der Waals surface area contributed by atoms with Crippen molar-refractivity contribution in [3.05, 3.63) is 29.3 Å². The molecule has 110 valence electrons. The zero-order valence-electron chi connectivity index (χ0n) is 12.2. The smallest absolute Gasteiger partial charge is 0.0639 e. The summed E-state index contributed by atoms with van der Waals surface area (Å²) < 4.78 is 0. The van der Waals surface area contributed by atoms with Crippen LogP contribution in [0.1, 0.15) is 13.3 Å². The van der Waals surface area contributed by atoms with Gasteiger partial charge in [0.2, 0.25) is 0 Å². The highest BCUT2D eigenvalue weighted by molar-refractivity contribution is 6.33. The molecule has 4 heteroatoms. The number of rotatable bonds is 3. The monoisotopic (exact) mass is 293 g/mol. The van der Waals surface area contributed by atoms with Crippen LogP contribution in [0.5, 0.6) is 0 Å². The minimum absolute atomic E-state index is 0.730. The first-order valence-electron chi connectivity index (χ1n) is 7.74. The highest BCUT2D eigenvalue weighted by atomic mass is 35.5. The standard InChI is InChI=1S/C16H24ClN3/c1-2-13-11-18-12-16(13)20-9-7-19(8-10-20)15-6-4-3-5-14(15)17/h3-6,13,16,18H,2,7-12H2,1H3. The molecule has 0 saturated carbocycles. The maximum atomic E-state index is 6.30. The SMILES string of the molecule is CCC1CNCC1N1CCN(c2ccccc2Cl)CC1. The minimum atomic E-state index is 0.730. The van der Waals surface area contributed by atoms with Gasteiger partial charge in [-0.2, -0.15) is 0 Å². The molecule has 2 saturated heterocycles. The van der Waals surface area contributed by atoms with Gasteiger partial charge in [-0.1, -0.05) is 37.1 Å². The predicted octanol–water partition coefficient (Wildman–Crippen LogP) is 2.46. The number of nitrogens with zero attached hydrogens (tertiary/aromatic N) is 2. The van der Waals surface area contributed by atoms with Gasteiger partial charge in [-0.25, -0.2) is 0 Å². The fraction of sp³-hybridized carbons (Fsp3) is 0.625. The summed E-state index contributed by atoms with van der Waals surface area (Å²) in [5.41, 5.74) is 1.19. The van der Waals surface area contributed by atoms with E-state index < -0.39 is 0 Å². The second kappa shape index (κ2) is 6.33. The number of hydrogen-bond donors (Lipinski definition) is 1. The number of para-hydroxylation sites is 1. The molecule has 0 spiro atoms. The van der Waals surface area contributed by atoms with E-state index in [1.54, 1.807) is 0 Å². The van der Waals surface area contributed by atoms with Crippen LogP contribution in [0.15, 0.2) is 24.3 Å². The molecule has 20 heavy (non-hydrogen) atoms. The molecule has 2 heterocycles. The molecule has 3 nitrogen and oxygen atoms in total. The molecule has 1 aromatic carbocycles. The van der Waals surface area contributed by atoms with Gasteiger partial charge in [-0.05, 0) is 24.6 Å². The van der Waals surface area contributed by atoms with Crippen molar-refractivity contribution in [2.75, 3.05) is 44.2 Å². The highest BCUT2D eigenvalue weighted by Gasteiger charge is 2.32. The predicted molar refractivity (Wildman–Crippen MR) is 85.7 cm³/mol. The van der Waals surface area contributed by atoms with E-state index in [2.05, 4.69) is 34.2 Å². The lowest BCUT2D eigenvalue weighted by Gasteiger charge is -2.40. The molecule has 0 bridgehead atoms. The van der Waals surface area contributed by atoms with Crippen LogP contribution < -0.4 is 10.2 Å². The molecule has 0 aromatic heterocycles. The van der Waals surface area contributed by atoms with Crippen LogP contribution in [-0.4, -0.2) is 50.2 Å². The van der Waals surface area contributed by atoms with Crippen LogP contribution in [0.4, 0.5) is 5.69 Å². The van der Waals surface area contributed by atoms with E-state index >= 15 is 0 Å². The molecule has 1 aromatic rings. The van der Waals surface area contributed by atoms with E-state index in [1.807, 2.05) is 12.1 Å². The zero-order chi connectivity index (χ0) is 13.9. The summed E-state index contributed by atoms with van der Waals surface area (Å²) in [4.78, 5) is 5.09. The van der Waals surface area contributed by atoms with E-state index in [0.29, 0.717) is 0 Å². The Morgan fingerprint density at radius 3 is 2.60 bits per heavy atom.